The van der Waals surface area contributed by atoms with E-state index in [2.05, 4.69) is 36.2 Å². The van der Waals surface area contributed by atoms with Crippen LogP contribution in [0.4, 0.5) is 11.5 Å². The lowest BCUT2D eigenvalue weighted by molar-refractivity contribution is -0.116. The fourth-order valence-electron chi connectivity index (χ4n) is 2.70. The molecule has 3 N–H and O–H groups in total. The van der Waals surface area contributed by atoms with Crippen LogP contribution >= 0.6 is 0 Å². The van der Waals surface area contributed by atoms with Gasteiger partial charge in [-0.25, -0.2) is 4.68 Å². The van der Waals surface area contributed by atoms with Crippen LogP contribution in [-0.2, 0) is 23.2 Å². The molecular weight excluding hydrogens is 338 g/mol. The van der Waals surface area contributed by atoms with Gasteiger partial charge in [-0.3, -0.25) is 9.78 Å². The number of benzene rings is 1. The van der Waals surface area contributed by atoms with E-state index < -0.39 is 0 Å². The third kappa shape index (κ3) is 4.94. The molecule has 0 atom stereocenters. The smallest absolute Gasteiger partial charge is 0.246 e. The van der Waals surface area contributed by atoms with Gasteiger partial charge >= 0.3 is 0 Å². The maximum atomic E-state index is 12.3. The summed E-state index contributed by atoms with van der Waals surface area (Å²) in [5, 5.41) is 7.34. The van der Waals surface area contributed by atoms with Gasteiger partial charge in [0, 0.05) is 29.6 Å². The first-order chi connectivity index (χ1) is 12.8. The van der Waals surface area contributed by atoms with E-state index in [1.807, 2.05) is 42.5 Å². The number of carbonyl (C=O) groups is 1. The van der Waals surface area contributed by atoms with E-state index in [-0.39, 0.29) is 17.9 Å². The molecule has 0 radical (unpaired) electrons. The predicted octanol–water partition coefficient (Wildman–Crippen LogP) is 3.39. The van der Waals surface area contributed by atoms with E-state index in [0.29, 0.717) is 5.82 Å². The Hall–Kier alpha value is -3.15. The molecule has 140 valence electrons. The standard InChI is InChI=1S/C21H25N5O/c1-21(2,3)18-13-19(22)26(25-18)14-20(27)24-17-6-4-15(5-7-17)12-16-8-10-23-11-9-16/h4-11,13H,12,14,22H2,1-3H3,(H,24,27). The van der Waals surface area contributed by atoms with Gasteiger partial charge < -0.3 is 11.1 Å². The molecule has 0 saturated heterocycles. The van der Waals surface area contributed by atoms with Crippen LogP contribution in [-0.4, -0.2) is 20.7 Å². The van der Waals surface area contributed by atoms with Crippen molar-refractivity contribution in [2.75, 3.05) is 11.1 Å². The van der Waals surface area contributed by atoms with Crippen molar-refractivity contribution < 1.29 is 4.79 Å². The normalized spacial score (nSPS) is 11.4. The molecule has 0 spiro atoms. The summed E-state index contributed by atoms with van der Waals surface area (Å²) in [6.45, 7) is 6.27. The van der Waals surface area contributed by atoms with Crippen molar-refractivity contribution >= 4 is 17.4 Å². The summed E-state index contributed by atoms with van der Waals surface area (Å²) in [5.74, 6) is 0.329. The molecule has 27 heavy (non-hydrogen) atoms. The molecule has 0 saturated carbocycles. The zero-order valence-electron chi connectivity index (χ0n) is 15.9. The number of nitrogens with two attached hydrogens (primary N) is 1. The van der Waals surface area contributed by atoms with Crippen LogP contribution in [0.25, 0.3) is 0 Å². The van der Waals surface area contributed by atoms with Crippen molar-refractivity contribution in [2.24, 2.45) is 0 Å². The van der Waals surface area contributed by atoms with Crippen LogP contribution in [0, 0.1) is 0 Å². The van der Waals surface area contributed by atoms with E-state index in [1.54, 1.807) is 12.4 Å². The third-order valence-electron chi connectivity index (χ3n) is 4.27. The summed E-state index contributed by atoms with van der Waals surface area (Å²) in [4.78, 5) is 16.4. The number of nitrogens with one attached hydrogen (secondary N) is 1. The fourth-order valence-corrected chi connectivity index (χ4v) is 2.70. The monoisotopic (exact) mass is 363 g/mol. The van der Waals surface area contributed by atoms with E-state index in [9.17, 15) is 4.79 Å². The Kier molecular flexibility index (Phi) is 5.26. The van der Waals surface area contributed by atoms with Gasteiger partial charge in [0.2, 0.25) is 5.91 Å². The first-order valence-electron chi connectivity index (χ1n) is 8.93. The number of hydrogen-bond acceptors (Lipinski definition) is 4. The molecule has 0 unspecified atom stereocenters. The summed E-state index contributed by atoms with van der Waals surface area (Å²) < 4.78 is 1.54. The molecule has 2 heterocycles. The van der Waals surface area contributed by atoms with E-state index >= 15 is 0 Å². The predicted molar refractivity (Wildman–Crippen MR) is 107 cm³/mol. The van der Waals surface area contributed by atoms with Gasteiger partial charge in [0.1, 0.15) is 12.4 Å². The summed E-state index contributed by atoms with van der Waals surface area (Å²) in [5.41, 5.74) is 9.87. The molecule has 1 aromatic carbocycles. The van der Waals surface area contributed by atoms with Gasteiger partial charge in [0.05, 0.1) is 5.69 Å². The van der Waals surface area contributed by atoms with Gasteiger partial charge in [-0.2, -0.15) is 5.10 Å². The van der Waals surface area contributed by atoms with Crippen molar-refractivity contribution in [1.82, 2.24) is 14.8 Å². The lowest BCUT2D eigenvalue weighted by Gasteiger charge is -2.14. The number of anilines is 2. The number of hydrogen-bond donors (Lipinski definition) is 2. The second-order valence-electron chi connectivity index (χ2n) is 7.64. The number of nitrogens with zero attached hydrogens (tertiary/aromatic N) is 3. The largest absolute Gasteiger partial charge is 0.384 e. The minimum atomic E-state index is -0.160. The second-order valence-corrected chi connectivity index (χ2v) is 7.64. The highest BCUT2D eigenvalue weighted by atomic mass is 16.2. The van der Waals surface area contributed by atoms with Crippen molar-refractivity contribution in [3.63, 3.8) is 0 Å². The summed E-state index contributed by atoms with van der Waals surface area (Å²) in [6.07, 6.45) is 4.40. The molecule has 0 bridgehead atoms. The SMILES string of the molecule is CC(C)(C)c1cc(N)n(CC(=O)Nc2ccc(Cc3ccncc3)cc2)n1. The molecule has 3 rings (SSSR count). The molecule has 0 aliphatic carbocycles. The molecule has 0 aliphatic rings. The van der Waals surface area contributed by atoms with E-state index in [1.165, 1.54) is 15.8 Å². The number of nitrogen functional groups attached to an aromatic ring is 1. The van der Waals surface area contributed by atoms with Crippen LogP contribution in [0.2, 0.25) is 0 Å². The maximum Gasteiger partial charge on any atom is 0.246 e. The quantitative estimate of drug-likeness (QED) is 0.727. The Morgan fingerprint density at radius 1 is 1.07 bits per heavy atom. The number of rotatable bonds is 5. The van der Waals surface area contributed by atoms with Crippen molar-refractivity contribution in [3.8, 4) is 0 Å². The molecule has 1 amide bonds. The lowest BCUT2D eigenvalue weighted by Crippen LogP contribution is -2.21. The molecule has 3 aromatic rings. The zero-order valence-corrected chi connectivity index (χ0v) is 15.9. The minimum Gasteiger partial charge on any atom is -0.384 e. The summed E-state index contributed by atoms with van der Waals surface area (Å²) in [7, 11) is 0. The minimum absolute atomic E-state index is 0.0840. The average molecular weight is 363 g/mol. The second kappa shape index (κ2) is 7.61. The molecular formula is C21H25N5O. The third-order valence-corrected chi connectivity index (χ3v) is 4.27. The molecule has 6 heteroatoms. The molecule has 0 fully saturated rings. The summed E-state index contributed by atoms with van der Waals surface area (Å²) >= 11 is 0. The van der Waals surface area contributed by atoms with Crippen LogP contribution in [0.15, 0.2) is 54.9 Å². The van der Waals surface area contributed by atoms with Gasteiger partial charge in [0.15, 0.2) is 0 Å². The Morgan fingerprint density at radius 2 is 1.70 bits per heavy atom. The topological polar surface area (TPSA) is 85.8 Å². The Bertz CT molecular complexity index is 908. The number of amides is 1. The van der Waals surface area contributed by atoms with Gasteiger partial charge in [0.25, 0.3) is 0 Å². The molecule has 2 aromatic heterocycles. The highest BCUT2D eigenvalue weighted by Crippen LogP contribution is 2.22. The zero-order chi connectivity index (χ0) is 19.4. The molecule has 6 nitrogen and oxygen atoms in total. The van der Waals surface area contributed by atoms with Crippen molar-refractivity contribution in [3.05, 3.63) is 71.7 Å². The Balaban J connectivity index is 1.60. The van der Waals surface area contributed by atoms with Crippen LogP contribution < -0.4 is 11.1 Å². The number of carbonyl (C=O) groups excluding carboxylic acids is 1. The van der Waals surface area contributed by atoms with Crippen LogP contribution in [0.1, 0.15) is 37.6 Å². The van der Waals surface area contributed by atoms with Crippen molar-refractivity contribution in [2.45, 2.75) is 39.2 Å². The van der Waals surface area contributed by atoms with Crippen LogP contribution in [0.5, 0.6) is 0 Å². The van der Waals surface area contributed by atoms with Gasteiger partial charge in [-0.15, -0.1) is 0 Å². The van der Waals surface area contributed by atoms with Gasteiger partial charge in [-0.1, -0.05) is 32.9 Å². The highest BCUT2D eigenvalue weighted by molar-refractivity contribution is 5.90. The number of aromatic nitrogens is 3. The first-order valence-corrected chi connectivity index (χ1v) is 8.93. The Labute approximate surface area is 159 Å². The van der Waals surface area contributed by atoms with Crippen LogP contribution in [0.3, 0.4) is 0 Å². The number of pyridine rings is 1. The first kappa shape index (κ1) is 18.6. The highest BCUT2D eigenvalue weighted by Gasteiger charge is 2.19. The fraction of sp³-hybridized carbons (Fsp3) is 0.286. The van der Waals surface area contributed by atoms with Crippen molar-refractivity contribution in [1.29, 1.82) is 0 Å². The van der Waals surface area contributed by atoms with Gasteiger partial charge in [-0.05, 0) is 41.8 Å². The average Bonchev–Trinajstić information content (AvgIpc) is 2.98. The Morgan fingerprint density at radius 3 is 2.30 bits per heavy atom. The summed E-state index contributed by atoms with van der Waals surface area (Å²) in [6, 6.07) is 13.6. The van der Waals surface area contributed by atoms with E-state index in [0.717, 1.165) is 17.8 Å². The lowest BCUT2D eigenvalue weighted by atomic mass is 9.92. The van der Waals surface area contributed by atoms with E-state index in [4.69, 9.17) is 5.73 Å². The molecule has 0 aliphatic heterocycles. The maximum absolute atomic E-state index is 12.3.